The highest BCUT2D eigenvalue weighted by Gasteiger charge is 2.23. The van der Waals surface area contributed by atoms with Gasteiger partial charge in [-0.25, -0.2) is 14.5 Å². The molecule has 0 spiro atoms. The van der Waals surface area contributed by atoms with Crippen LogP contribution in [0, 0.1) is 6.92 Å². The topological polar surface area (TPSA) is 137 Å². The minimum Gasteiger partial charge on any atom is -0.494 e. The number of carbonyl (C=O) groups excluding carboxylic acids is 1. The molecule has 0 fully saturated rings. The molecule has 3 aromatic heterocycles. The maximum Gasteiger partial charge on any atom is 0.332 e. The summed E-state index contributed by atoms with van der Waals surface area (Å²) in [4.78, 5) is 59.3. The van der Waals surface area contributed by atoms with Gasteiger partial charge in [0.25, 0.3) is 11.1 Å². The van der Waals surface area contributed by atoms with Crippen LogP contribution < -0.4 is 36.7 Å². The number of para-hydroxylation sites is 2. The van der Waals surface area contributed by atoms with Crippen molar-refractivity contribution >= 4 is 63.2 Å². The van der Waals surface area contributed by atoms with Gasteiger partial charge in [-0.1, -0.05) is 53.7 Å². The molecule has 65 heavy (non-hydrogen) atoms. The third-order valence-electron chi connectivity index (χ3n) is 10.3. The summed E-state index contributed by atoms with van der Waals surface area (Å²) in [7, 11) is 14.7. The minimum atomic E-state index is -0.360. The van der Waals surface area contributed by atoms with Crippen LogP contribution >= 0.6 is 23.4 Å². The zero-order valence-electron chi connectivity index (χ0n) is 39.0. The number of nitrogens with zero attached hydrogens (tertiary/aromatic N) is 9. The second-order valence-electron chi connectivity index (χ2n) is 15.7. The summed E-state index contributed by atoms with van der Waals surface area (Å²) in [6.45, 7) is 8.11. The number of halogens is 1. The lowest BCUT2D eigenvalue weighted by Gasteiger charge is -2.33. The number of aromatic nitrogens is 6. The molecule has 1 N–H and O–H groups in total. The van der Waals surface area contributed by atoms with E-state index in [0.29, 0.717) is 17.8 Å². The average molecular weight is 924 g/mol. The number of benzene rings is 4. The SMILES string of the molecule is CCOc1ccc(NC(C)=O)cc1.CN(C)CCCN1c2ccccc2Sc2ccc(Cl)cc21.Cc1c(N(C)C)c(=O)n(-c2ccccc2)n1C.Cn1c(=O)c2c(ncn2C)n(C)c1=O. The second-order valence-corrected chi connectivity index (χ2v) is 17.2. The van der Waals surface area contributed by atoms with E-state index in [-0.39, 0.29) is 22.7 Å². The Kier molecular flexibility index (Phi) is 17.1. The first-order valence-corrected chi connectivity index (χ1v) is 22.2. The van der Waals surface area contributed by atoms with Gasteiger partial charge in [-0.3, -0.25) is 28.2 Å². The number of rotatable bonds is 9. The Bertz CT molecular complexity index is 2900. The summed E-state index contributed by atoms with van der Waals surface area (Å²) >= 11 is 8.03. The van der Waals surface area contributed by atoms with Crippen molar-refractivity contribution in [1.29, 1.82) is 0 Å². The zero-order valence-corrected chi connectivity index (χ0v) is 40.6. The van der Waals surface area contributed by atoms with E-state index in [0.717, 1.165) is 57.6 Å². The molecule has 0 saturated carbocycles. The van der Waals surface area contributed by atoms with E-state index in [1.165, 1.54) is 46.0 Å². The highest BCUT2D eigenvalue weighted by atomic mass is 35.5. The highest BCUT2D eigenvalue weighted by molar-refractivity contribution is 7.99. The molecule has 4 aromatic carbocycles. The van der Waals surface area contributed by atoms with E-state index in [9.17, 15) is 19.2 Å². The molecule has 0 unspecified atom stereocenters. The molecule has 0 radical (unpaired) electrons. The third-order valence-corrected chi connectivity index (χ3v) is 11.7. The summed E-state index contributed by atoms with van der Waals surface area (Å²) < 4.78 is 12.9. The van der Waals surface area contributed by atoms with Gasteiger partial charge in [-0.15, -0.1) is 0 Å². The second kappa shape index (κ2) is 22.4. The van der Waals surface area contributed by atoms with Crippen molar-refractivity contribution in [2.24, 2.45) is 28.2 Å². The Morgan fingerprint density at radius 1 is 0.815 bits per heavy atom. The maximum atomic E-state index is 12.4. The zero-order chi connectivity index (χ0) is 47.5. The molecule has 17 heteroatoms. The highest BCUT2D eigenvalue weighted by Crippen LogP contribution is 2.48. The lowest BCUT2D eigenvalue weighted by Crippen LogP contribution is -2.37. The molecule has 0 saturated heterocycles. The number of imidazole rings is 1. The van der Waals surface area contributed by atoms with E-state index in [4.69, 9.17) is 16.3 Å². The predicted molar refractivity (Wildman–Crippen MR) is 265 cm³/mol. The van der Waals surface area contributed by atoms with Crippen molar-refractivity contribution in [2.75, 3.05) is 63.0 Å². The molecule has 4 heterocycles. The van der Waals surface area contributed by atoms with Crippen LogP contribution in [-0.4, -0.2) is 86.7 Å². The van der Waals surface area contributed by atoms with Gasteiger partial charge in [0, 0.05) is 76.3 Å². The average Bonchev–Trinajstić information content (AvgIpc) is 3.77. The van der Waals surface area contributed by atoms with Crippen molar-refractivity contribution in [2.45, 2.75) is 37.0 Å². The van der Waals surface area contributed by atoms with Gasteiger partial charge in [0.1, 0.15) is 11.4 Å². The summed E-state index contributed by atoms with van der Waals surface area (Å²) in [5.74, 6) is 0.751. The van der Waals surface area contributed by atoms with E-state index in [2.05, 4.69) is 70.6 Å². The van der Waals surface area contributed by atoms with Gasteiger partial charge < -0.3 is 29.3 Å². The first-order chi connectivity index (χ1) is 30.9. The number of anilines is 4. The molecule has 1 aliphatic rings. The predicted octanol–water partition coefficient (Wildman–Crippen LogP) is 7.46. The molecule has 1 aliphatic heterocycles. The fraction of sp³-hybridized carbons (Fsp3) is 0.312. The lowest BCUT2D eigenvalue weighted by molar-refractivity contribution is -0.114. The summed E-state index contributed by atoms with van der Waals surface area (Å²) in [6.07, 6.45) is 2.64. The van der Waals surface area contributed by atoms with Crippen molar-refractivity contribution in [1.82, 2.24) is 32.9 Å². The van der Waals surface area contributed by atoms with Gasteiger partial charge in [0.2, 0.25) is 5.91 Å². The van der Waals surface area contributed by atoms with Gasteiger partial charge in [-0.2, -0.15) is 0 Å². The molecule has 7 aromatic rings. The van der Waals surface area contributed by atoms with Crippen LogP contribution in [0.5, 0.6) is 5.75 Å². The summed E-state index contributed by atoms with van der Waals surface area (Å²) in [6, 6.07) is 31.7. The van der Waals surface area contributed by atoms with E-state index >= 15 is 0 Å². The van der Waals surface area contributed by atoms with Crippen LogP contribution in [0.15, 0.2) is 128 Å². The molecular weight excluding hydrogens is 864 g/mol. The quantitative estimate of drug-likeness (QED) is 0.156. The Labute approximate surface area is 389 Å². The van der Waals surface area contributed by atoms with Crippen LogP contribution in [0.4, 0.5) is 22.7 Å². The normalized spacial score (nSPS) is 11.3. The Morgan fingerprint density at radius 2 is 1.46 bits per heavy atom. The van der Waals surface area contributed by atoms with Crippen LogP contribution in [0.3, 0.4) is 0 Å². The first kappa shape index (κ1) is 49.5. The van der Waals surface area contributed by atoms with Crippen LogP contribution in [0.1, 0.15) is 26.0 Å². The van der Waals surface area contributed by atoms with Gasteiger partial charge in [0.05, 0.1) is 35.7 Å². The molecule has 0 bridgehead atoms. The molecule has 8 rings (SSSR count). The standard InChI is InChI=1S/C17H19ClN2S.C13H17N3O.C10H13NO2.C8H10N4O2/c1-19(2)10-5-11-20-14-6-3-4-7-16(14)21-17-9-8-13(18)12-15(17)20;1-10-12(14(2)3)13(17)16(15(10)4)11-8-6-5-7-9-11;1-3-13-10-6-4-9(5-7-10)11-8(2)12;1-10-4-9-6-5(10)7(13)12(3)8(14)11(6)2/h3-4,6-9,12H,5,10-11H2,1-2H3;5-9H,1-4H3;4-7H,3H2,1-2H3,(H,11,12);4H,1-3H3. The lowest BCUT2D eigenvalue weighted by atomic mass is 10.2. The van der Waals surface area contributed by atoms with Gasteiger partial charge in [-0.05, 0) is 108 Å². The number of hydrogen-bond donors (Lipinski definition) is 1. The Hall–Kier alpha value is -6.49. The molecular formula is C48H59ClN10O5S. The summed E-state index contributed by atoms with van der Waals surface area (Å²) in [5.41, 5.74) is 6.08. The fourth-order valence-corrected chi connectivity index (χ4v) is 8.38. The number of carbonyl (C=O) groups is 1. The molecule has 1 amide bonds. The number of fused-ring (bicyclic) bond motifs is 3. The van der Waals surface area contributed by atoms with Crippen LogP contribution in [0.2, 0.25) is 5.02 Å². The van der Waals surface area contributed by atoms with Crippen molar-refractivity contribution in [3.8, 4) is 11.4 Å². The van der Waals surface area contributed by atoms with Crippen LogP contribution in [-0.2, 0) is 33.0 Å². The number of ether oxygens (including phenoxy) is 1. The van der Waals surface area contributed by atoms with Crippen LogP contribution in [0.25, 0.3) is 16.9 Å². The molecule has 15 nitrogen and oxygen atoms in total. The molecule has 0 aliphatic carbocycles. The Morgan fingerprint density at radius 3 is 2.08 bits per heavy atom. The number of aryl methyl sites for hydroxylation is 2. The number of amides is 1. The number of nitrogens with one attached hydrogen (secondary N) is 1. The minimum absolute atomic E-state index is 0.0150. The van der Waals surface area contributed by atoms with E-state index < -0.39 is 0 Å². The largest absolute Gasteiger partial charge is 0.494 e. The molecule has 0 atom stereocenters. The maximum absolute atomic E-state index is 12.4. The third kappa shape index (κ3) is 12.0. The van der Waals surface area contributed by atoms with Crippen molar-refractivity contribution in [3.05, 3.63) is 145 Å². The summed E-state index contributed by atoms with van der Waals surface area (Å²) in [5, 5.41) is 3.48. The van der Waals surface area contributed by atoms with Crippen molar-refractivity contribution in [3.63, 3.8) is 0 Å². The number of hydrogen-bond acceptors (Lipinski definition) is 10. The van der Waals surface area contributed by atoms with E-state index in [1.807, 2.05) is 117 Å². The van der Waals surface area contributed by atoms with Gasteiger partial charge >= 0.3 is 5.69 Å². The fourth-order valence-electron chi connectivity index (χ4n) is 7.13. The first-order valence-electron chi connectivity index (χ1n) is 21.0. The van der Waals surface area contributed by atoms with Gasteiger partial charge in [0.15, 0.2) is 11.2 Å². The van der Waals surface area contributed by atoms with Crippen molar-refractivity contribution < 1.29 is 9.53 Å². The van der Waals surface area contributed by atoms with E-state index in [1.54, 1.807) is 23.3 Å². The monoisotopic (exact) mass is 922 g/mol. The smallest absolute Gasteiger partial charge is 0.332 e. The molecule has 344 valence electrons. The Balaban J connectivity index is 0.000000166.